The van der Waals surface area contributed by atoms with Crippen LogP contribution in [0.4, 0.5) is 5.82 Å². The first-order chi connectivity index (χ1) is 12.8. The summed E-state index contributed by atoms with van der Waals surface area (Å²) in [7, 11) is 0. The van der Waals surface area contributed by atoms with E-state index in [4.69, 9.17) is 5.73 Å². The minimum atomic E-state index is 0.663. The molecule has 0 saturated heterocycles. The van der Waals surface area contributed by atoms with Gasteiger partial charge in [0.2, 0.25) is 0 Å². The molecule has 0 saturated carbocycles. The fraction of sp³-hybridized carbons (Fsp3) is 0. The number of nitrogen functional groups attached to an aromatic ring is 1. The second-order valence-electron chi connectivity index (χ2n) is 6.45. The number of nitrogens with two attached hydrogens (primary N) is 1. The van der Waals surface area contributed by atoms with Gasteiger partial charge in [-0.15, -0.1) is 0 Å². The summed E-state index contributed by atoms with van der Waals surface area (Å²) in [6, 6.07) is 29.6. The Morgan fingerprint density at radius 1 is 0.654 bits per heavy atom. The summed E-state index contributed by atoms with van der Waals surface area (Å²) in [5.74, 6) is 0.663. The fourth-order valence-electron chi connectivity index (χ4n) is 3.62. The SMILES string of the molecule is Nc1ccc(-c2ccc3c(c2)c2ccccc2n3-c2ccccc2)c[nH+]1. The number of nitrogens with zero attached hydrogens (tertiary/aromatic N) is 1. The third kappa shape index (κ3) is 2.25. The van der Waals surface area contributed by atoms with Crippen LogP contribution in [-0.2, 0) is 0 Å². The first-order valence-electron chi connectivity index (χ1n) is 8.67. The van der Waals surface area contributed by atoms with Crippen molar-refractivity contribution in [1.29, 1.82) is 0 Å². The molecule has 3 N–H and O–H groups in total. The van der Waals surface area contributed by atoms with E-state index in [0.29, 0.717) is 5.82 Å². The maximum atomic E-state index is 5.78. The van der Waals surface area contributed by atoms with Crippen molar-refractivity contribution in [1.82, 2.24) is 4.57 Å². The smallest absolute Gasteiger partial charge is 0.270 e. The molecule has 26 heavy (non-hydrogen) atoms. The van der Waals surface area contributed by atoms with E-state index in [1.165, 1.54) is 33.1 Å². The molecular weight excluding hydrogens is 318 g/mol. The highest BCUT2D eigenvalue weighted by molar-refractivity contribution is 6.10. The summed E-state index contributed by atoms with van der Waals surface area (Å²) >= 11 is 0. The number of H-pyrrole nitrogens is 1. The number of benzene rings is 3. The Labute approximate surface area is 151 Å². The molecule has 5 aromatic rings. The maximum Gasteiger partial charge on any atom is 0.270 e. The monoisotopic (exact) mass is 336 g/mol. The molecule has 0 unspecified atom stereocenters. The Balaban J connectivity index is 1.82. The quantitative estimate of drug-likeness (QED) is 0.492. The van der Waals surface area contributed by atoms with E-state index in [9.17, 15) is 0 Å². The van der Waals surface area contributed by atoms with Crippen molar-refractivity contribution >= 4 is 27.6 Å². The number of rotatable bonds is 2. The first-order valence-corrected chi connectivity index (χ1v) is 8.67. The zero-order chi connectivity index (χ0) is 17.5. The van der Waals surface area contributed by atoms with E-state index in [0.717, 1.165) is 5.56 Å². The number of para-hydroxylation sites is 2. The minimum Gasteiger partial charge on any atom is -0.309 e. The van der Waals surface area contributed by atoms with E-state index >= 15 is 0 Å². The van der Waals surface area contributed by atoms with Crippen LogP contribution in [0.25, 0.3) is 38.6 Å². The van der Waals surface area contributed by atoms with Crippen LogP contribution in [0.3, 0.4) is 0 Å². The molecule has 0 atom stereocenters. The number of fused-ring (bicyclic) bond motifs is 3. The predicted molar refractivity (Wildman–Crippen MR) is 107 cm³/mol. The third-order valence-corrected chi connectivity index (χ3v) is 4.86. The zero-order valence-electron chi connectivity index (χ0n) is 14.2. The van der Waals surface area contributed by atoms with Gasteiger partial charge in [-0.25, -0.2) is 4.98 Å². The zero-order valence-corrected chi connectivity index (χ0v) is 14.2. The first kappa shape index (κ1) is 14.7. The molecule has 0 fully saturated rings. The Kier molecular flexibility index (Phi) is 3.25. The van der Waals surface area contributed by atoms with E-state index in [1.807, 2.05) is 24.4 Å². The van der Waals surface area contributed by atoms with Gasteiger partial charge in [-0.05, 0) is 42.0 Å². The lowest BCUT2D eigenvalue weighted by molar-refractivity contribution is -0.359. The maximum absolute atomic E-state index is 5.78. The van der Waals surface area contributed by atoms with Crippen LogP contribution >= 0.6 is 0 Å². The van der Waals surface area contributed by atoms with Gasteiger partial charge < -0.3 is 4.57 Å². The van der Waals surface area contributed by atoms with Crippen LogP contribution in [0, 0.1) is 0 Å². The average Bonchev–Trinajstić information content (AvgIpc) is 3.03. The highest BCUT2D eigenvalue weighted by Gasteiger charge is 2.13. The van der Waals surface area contributed by atoms with E-state index in [-0.39, 0.29) is 0 Å². The van der Waals surface area contributed by atoms with Crippen LogP contribution in [0.15, 0.2) is 91.1 Å². The summed E-state index contributed by atoms with van der Waals surface area (Å²) in [5, 5.41) is 2.51. The molecule has 5 rings (SSSR count). The molecule has 2 aromatic heterocycles. The van der Waals surface area contributed by atoms with Crippen LogP contribution in [0.1, 0.15) is 0 Å². The Morgan fingerprint density at radius 3 is 2.19 bits per heavy atom. The summed E-state index contributed by atoms with van der Waals surface area (Å²) < 4.78 is 2.32. The van der Waals surface area contributed by atoms with Crippen molar-refractivity contribution < 1.29 is 4.98 Å². The second kappa shape index (κ2) is 5.74. The molecule has 3 aromatic carbocycles. The highest BCUT2D eigenvalue weighted by atomic mass is 15.0. The molecule has 0 radical (unpaired) electrons. The summed E-state index contributed by atoms with van der Waals surface area (Å²) in [4.78, 5) is 3.09. The lowest BCUT2D eigenvalue weighted by Crippen LogP contribution is -2.08. The van der Waals surface area contributed by atoms with Gasteiger partial charge in [-0.3, -0.25) is 5.73 Å². The molecule has 0 bridgehead atoms. The van der Waals surface area contributed by atoms with Gasteiger partial charge in [0.1, 0.15) is 0 Å². The van der Waals surface area contributed by atoms with Gasteiger partial charge in [0.05, 0.1) is 17.2 Å². The molecule has 0 aliphatic rings. The topological polar surface area (TPSA) is 45.1 Å². The van der Waals surface area contributed by atoms with Crippen LogP contribution < -0.4 is 10.7 Å². The number of aromatic nitrogens is 2. The standard InChI is InChI=1S/C23H17N3/c24-23-13-11-17(15-25-23)16-10-12-22-20(14-16)19-8-4-5-9-21(19)26(22)18-6-2-1-3-7-18/h1-15H,(H2,24,25)/p+1. The number of nitrogens with one attached hydrogen (secondary N) is 1. The Hall–Kier alpha value is -3.59. The van der Waals surface area contributed by atoms with Crippen molar-refractivity contribution in [2.75, 3.05) is 5.73 Å². The van der Waals surface area contributed by atoms with Gasteiger partial charge >= 0.3 is 0 Å². The molecule has 0 aliphatic carbocycles. The summed E-state index contributed by atoms with van der Waals surface area (Å²) in [5.41, 5.74) is 11.7. The molecule has 124 valence electrons. The normalized spacial score (nSPS) is 11.2. The van der Waals surface area contributed by atoms with Crippen molar-refractivity contribution in [3.8, 4) is 16.8 Å². The lowest BCUT2D eigenvalue weighted by Gasteiger charge is -2.07. The average molecular weight is 336 g/mol. The van der Waals surface area contributed by atoms with Gasteiger partial charge in [0.25, 0.3) is 5.82 Å². The van der Waals surface area contributed by atoms with Crippen molar-refractivity contribution in [3.63, 3.8) is 0 Å². The Morgan fingerprint density at radius 2 is 1.38 bits per heavy atom. The van der Waals surface area contributed by atoms with Gasteiger partial charge in [-0.2, -0.15) is 0 Å². The molecule has 3 nitrogen and oxygen atoms in total. The molecular formula is C23H18N3+. The largest absolute Gasteiger partial charge is 0.309 e. The number of hydrogen-bond donors (Lipinski definition) is 1. The van der Waals surface area contributed by atoms with E-state index in [1.54, 1.807) is 0 Å². The van der Waals surface area contributed by atoms with Crippen molar-refractivity contribution in [2.24, 2.45) is 0 Å². The number of pyridine rings is 1. The molecule has 0 spiro atoms. The number of anilines is 1. The number of aromatic amines is 1. The van der Waals surface area contributed by atoms with Gasteiger partial charge in [0.15, 0.2) is 0 Å². The lowest BCUT2D eigenvalue weighted by atomic mass is 10.0. The van der Waals surface area contributed by atoms with Crippen molar-refractivity contribution in [2.45, 2.75) is 0 Å². The second-order valence-corrected chi connectivity index (χ2v) is 6.45. The minimum absolute atomic E-state index is 0.663. The molecule has 0 aliphatic heterocycles. The van der Waals surface area contributed by atoms with Gasteiger partial charge in [-0.1, -0.05) is 42.5 Å². The van der Waals surface area contributed by atoms with E-state index in [2.05, 4.69) is 76.3 Å². The third-order valence-electron chi connectivity index (χ3n) is 4.86. The summed E-state index contributed by atoms with van der Waals surface area (Å²) in [6.07, 6.45) is 1.95. The molecule has 0 amide bonds. The van der Waals surface area contributed by atoms with Gasteiger partial charge in [0, 0.05) is 28.1 Å². The van der Waals surface area contributed by atoms with Crippen molar-refractivity contribution in [3.05, 3.63) is 91.1 Å². The molecule has 2 heterocycles. The van der Waals surface area contributed by atoms with Crippen LogP contribution in [0.2, 0.25) is 0 Å². The Bertz CT molecular complexity index is 1220. The van der Waals surface area contributed by atoms with Crippen LogP contribution in [0.5, 0.6) is 0 Å². The fourth-order valence-corrected chi connectivity index (χ4v) is 3.62. The molecule has 3 heteroatoms. The van der Waals surface area contributed by atoms with E-state index < -0.39 is 0 Å². The number of hydrogen-bond acceptors (Lipinski definition) is 1. The van der Waals surface area contributed by atoms with Crippen LogP contribution in [-0.4, -0.2) is 4.57 Å². The highest BCUT2D eigenvalue weighted by Crippen LogP contribution is 2.34. The predicted octanol–water partition coefficient (Wildman–Crippen LogP) is 4.85. The summed E-state index contributed by atoms with van der Waals surface area (Å²) in [6.45, 7) is 0.